The Balaban J connectivity index is 1.37. The second-order valence-corrected chi connectivity index (χ2v) is 6.60. The van der Waals surface area contributed by atoms with Crippen molar-refractivity contribution in [3.8, 4) is 0 Å². The van der Waals surface area contributed by atoms with Crippen LogP contribution in [-0.4, -0.2) is 42.4 Å². The highest BCUT2D eigenvalue weighted by Crippen LogP contribution is 2.35. The molecule has 1 aromatic carbocycles. The minimum atomic E-state index is -0.289. The first-order valence-electron chi connectivity index (χ1n) is 8.13. The Kier molecular flexibility index (Phi) is 3.64. The summed E-state index contributed by atoms with van der Waals surface area (Å²) >= 11 is 0. The summed E-state index contributed by atoms with van der Waals surface area (Å²) in [6.45, 7) is 1.21. The number of carbonyl (C=O) groups is 1. The van der Waals surface area contributed by atoms with Gasteiger partial charge in [0.25, 0.3) is 0 Å². The largest absolute Gasteiger partial charge is 0.391 e. The fourth-order valence-electron chi connectivity index (χ4n) is 4.11. The maximum Gasteiger partial charge on any atom is 0.237 e. The summed E-state index contributed by atoms with van der Waals surface area (Å²) in [4.78, 5) is 12.4. The topological polar surface area (TPSA) is 70.6 Å². The molecule has 118 valence electrons. The minimum Gasteiger partial charge on any atom is -0.391 e. The fourth-order valence-corrected chi connectivity index (χ4v) is 4.11. The van der Waals surface area contributed by atoms with Crippen molar-refractivity contribution in [1.82, 2.24) is 10.6 Å². The SMILES string of the molecule is O=C(NCC1OCCc2ccccc21)[C@@H]1N[C@@H]2C[C@H]1C[C@H]2O. The predicted octanol–water partition coefficient (Wildman–Crippen LogP) is 0.528. The van der Waals surface area contributed by atoms with Crippen LogP contribution in [0.4, 0.5) is 0 Å². The molecule has 3 aliphatic rings. The van der Waals surface area contributed by atoms with E-state index in [9.17, 15) is 9.90 Å². The second-order valence-electron chi connectivity index (χ2n) is 6.60. The van der Waals surface area contributed by atoms with Crippen LogP contribution in [0.25, 0.3) is 0 Å². The first-order chi connectivity index (χ1) is 10.7. The molecule has 5 nitrogen and oxygen atoms in total. The Morgan fingerprint density at radius 2 is 2.23 bits per heavy atom. The maximum atomic E-state index is 12.4. The normalized spacial score (nSPS) is 36.1. The van der Waals surface area contributed by atoms with Crippen LogP contribution in [0.2, 0.25) is 0 Å². The molecule has 0 aromatic heterocycles. The van der Waals surface area contributed by atoms with Gasteiger partial charge in [-0.3, -0.25) is 4.79 Å². The Bertz CT molecular complexity index is 575. The van der Waals surface area contributed by atoms with E-state index in [2.05, 4.69) is 22.8 Å². The summed E-state index contributed by atoms with van der Waals surface area (Å²) in [5, 5.41) is 16.0. The van der Waals surface area contributed by atoms with E-state index in [1.807, 2.05) is 12.1 Å². The smallest absolute Gasteiger partial charge is 0.237 e. The molecule has 1 unspecified atom stereocenters. The predicted molar refractivity (Wildman–Crippen MR) is 81.3 cm³/mol. The minimum absolute atomic E-state index is 0.0334. The number of fused-ring (bicyclic) bond motifs is 3. The standard InChI is InChI=1S/C17H22N2O3/c20-14-8-11-7-13(14)19-16(11)17(21)18-9-15-12-4-2-1-3-10(12)5-6-22-15/h1-4,11,13-16,19-20H,5-9H2,(H,18,21)/t11-,13+,14+,15?,16+/m0/s1. The highest BCUT2D eigenvalue weighted by molar-refractivity contribution is 5.82. The molecule has 2 heterocycles. The van der Waals surface area contributed by atoms with Crippen molar-refractivity contribution in [3.05, 3.63) is 35.4 Å². The van der Waals surface area contributed by atoms with E-state index in [4.69, 9.17) is 4.74 Å². The molecule has 2 fully saturated rings. The fraction of sp³-hybridized carbons (Fsp3) is 0.588. The summed E-state index contributed by atoms with van der Waals surface area (Å²) < 4.78 is 5.82. The number of hydrogen-bond donors (Lipinski definition) is 3. The van der Waals surface area contributed by atoms with Crippen LogP contribution in [-0.2, 0) is 16.0 Å². The molecular formula is C17H22N2O3. The lowest BCUT2D eigenvalue weighted by atomic mass is 9.96. The van der Waals surface area contributed by atoms with Crippen LogP contribution in [0.5, 0.6) is 0 Å². The summed E-state index contributed by atoms with van der Waals surface area (Å²) in [6.07, 6.45) is 2.23. The van der Waals surface area contributed by atoms with Crippen LogP contribution in [0.3, 0.4) is 0 Å². The van der Waals surface area contributed by atoms with Crippen molar-refractivity contribution >= 4 is 5.91 Å². The van der Waals surface area contributed by atoms with Gasteiger partial charge in [-0.2, -0.15) is 0 Å². The Morgan fingerprint density at radius 1 is 1.36 bits per heavy atom. The molecule has 1 aromatic rings. The number of nitrogens with one attached hydrogen (secondary N) is 2. The van der Waals surface area contributed by atoms with Crippen LogP contribution < -0.4 is 10.6 Å². The zero-order valence-electron chi connectivity index (χ0n) is 12.5. The van der Waals surface area contributed by atoms with Gasteiger partial charge in [-0.05, 0) is 36.3 Å². The molecule has 2 bridgehead atoms. The average molecular weight is 302 g/mol. The summed E-state index contributed by atoms with van der Waals surface area (Å²) in [5.41, 5.74) is 2.50. The molecule has 1 saturated heterocycles. The molecule has 0 radical (unpaired) electrons. The van der Waals surface area contributed by atoms with Gasteiger partial charge in [0.1, 0.15) is 6.10 Å². The van der Waals surface area contributed by atoms with E-state index >= 15 is 0 Å². The van der Waals surface area contributed by atoms with E-state index in [1.54, 1.807) is 0 Å². The number of amides is 1. The van der Waals surface area contributed by atoms with Crippen LogP contribution in [0, 0.1) is 5.92 Å². The second kappa shape index (κ2) is 5.65. The molecule has 1 saturated carbocycles. The number of rotatable bonds is 3. The lowest BCUT2D eigenvalue weighted by Gasteiger charge is -2.29. The number of aliphatic hydroxyl groups is 1. The zero-order valence-corrected chi connectivity index (χ0v) is 12.5. The van der Waals surface area contributed by atoms with E-state index in [-0.39, 0.29) is 36.1 Å². The van der Waals surface area contributed by atoms with Gasteiger partial charge in [0.2, 0.25) is 5.91 Å². The number of benzene rings is 1. The van der Waals surface area contributed by atoms with E-state index < -0.39 is 0 Å². The van der Waals surface area contributed by atoms with Crippen LogP contribution in [0.1, 0.15) is 30.1 Å². The molecule has 1 aliphatic carbocycles. The molecule has 5 heteroatoms. The van der Waals surface area contributed by atoms with Gasteiger partial charge in [-0.25, -0.2) is 0 Å². The van der Waals surface area contributed by atoms with Crippen molar-refractivity contribution in [2.75, 3.05) is 13.2 Å². The first-order valence-corrected chi connectivity index (χ1v) is 8.13. The van der Waals surface area contributed by atoms with Crippen LogP contribution in [0.15, 0.2) is 24.3 Å². The number of ether oxygens (including phenoxy) is 1. The maximum absolute atomic E-state index is 12.4. The molecular weight excluding hydrogens is 280 g/mol. The first kappa shape index (κ1) is 14.2. The van der Waals surface area contributed by atoms with Crippen molar-refractivity contribution in [2.24, 2.45) is 5.92 Å². The third-order valence-electron chi connectivity index (χ3n) is 5.27. The van der Waals surface area contributed by atoms with Crippen LogP contribution >= 0.6 is 0 Å². The zero-order chi connectivity index (χ0) is 15.1. The van der Waals surface area contributed by atoms with Gasteiger partial charge in [-0.15, -0.1) is 0 Å². The van der Waals surface area contributed by atoms with Gasteiger partial charge in [0.15, 0.2) is 0 Å². The Labute approximate surface area is 130 Å². The summed E-state index contributed by atoms with van der Waals surface area (Å²) in [5.74, 6) is 0.297. The summed E-state index contributed by atoms with van der Waals surface area (Å²) in [6, 6.07) is 8.20. The van der Waals surface area contributed by atoms with Gasteiger partial charge >= 0.3 is 0 Å². The quantitative estimate of drug-likeness (QED) is 0.762. The van der Waals surface area contributed by atoms with E-state index in [1.165, 1.54) is 11.1 Å². The molecule has 3 N–H and O–H groups in total. The molecule has 1 amide bonds. The molecule has 4 rings (SSSR count). The average Bonchev–Trinajstić information content (AvgIpc) is 3.12. The van der Waals surface area contributed by atoms with Gasteiger partial charge in [-0.1, -0.05) is 24.3 Å². The molecule has 0 spiro atoms. The number of piperidine rings is 1. The number of hydrogen-bond acceptors (Lipinski definition) is 4. The third-order valence-corrected chi connectivity index (χ3v) is 5.27. The monoisotopic (exact) mass is 302 g/mol. The van der Waals surface area contributed by atoms with Gasteiger partial charge in [0.05, 0.1) is 18.8 Å². The molecule has 2 aliphatic heterocycles. The van der Waals surface area contributed by atoms with E-state index in [0.29, 0.717) is 13.2 Å². The third kappa shape index (κ3) is 2.43. The summed E-state index contributed by atoms with van der Waals surface area (Å²) in [7, 11) is 0. The Morgan fingerprint density at radius 3 is 3.00 bits per heavy atom. The molecule has 22 heavy (non-hydrogen) atoms. The lowest BCUT2D eigenvalue weighted by molar-refractivity contribution is -0.125. The lowest BCUT2D eigenvalue weighted by Crippen LogP contribution is -2.52. The highest BCUT2D eigenvalue weighted by atomic mass is 16.5. The van der Waals surface area contributed by atoms with Crippen molar-refractivity contribution in [3.63, 3.8) is 0 Å². The van der Waals surface area contributed by atoms with Crippen molar-refractivity contribution in [1.29, 1.82) is 0 Å². The Hall–Kier alpha value is -1.43. The molecule has 5 atom stereocenters. The van der Waals surface area contributed by atoms with Gasteiger partial charge in [0, 0.05) is 12.6 Å². The highest BCUT2D eigenvalue weighted by Gasteiger charge is 2.47. The number of carbonyl (C=O) groups excluding carboxylic acids is 1. The van der Waals surface area contributed by atoms with Crippen molar-refractivity contribution < 1.29 is 14.6 Å². The number of aliphatic hydroxyl groups excluding tert-OH is 1. The van der Waals surface area contributed by atoms with Crippen molar-refractivity contribution in [2.45, 2.75) is 43.6 Å². The van der Waals surface area contributed by atoms with E-state index in [0.717, 1.165) is 19.3 Å². The van der Waals surface area contributed by atoms with Gasteiger partial charge < -0.3 is 20.5 Å².